The Labute approximate surface area is 129 Å². The summed E-state index contributed by atoms with van der Waals surface area (Å²) in [4.78, 5) is 2.30. The van der Waals surface area contributed by atoms with Crippen LogP contribution in [0.25, 0.3) is 0 Å². The van der Waals surface area contributed by atoms with E-state index in [1.54, 1.807) is 4.31 Å². The molecule has 0 spiro atoms. The predicted molar refractivity (Wildman–Crippen MR) is 85.2 cm³/mol. The zero-order chi connectivity index (χ0) is 15.5. The number of hydrogen-bond acceptors (Lipinski definition) is 4. The Balaban J connectivity index is 1.94. The molecule has 0 bridgehead atoms. The Morgan fingerprint density at radius 3 is 2.52 bits per heavy atom. The fourth-order valence-corrected chi connectivity index (χ4v) is 4.86. The van der Waals surface area contributed by atoms with E-state index in [-0.39, 0.29) is 11.5 Å². The van der Waals surface area contributed by atoms with Gasteiger partial charge in [-0.2, -0.15) is 12.7 Å². The van der Waals surface area contributed by atoms with Gasteiger partial charge in [0.05, 0.1) is 0 Å². The van der Waals surface area contributed by atoms with E-state index in [1.165, 1.54) is 0 Å². The van der Waals surface area contributed by atoms with E-state index in [1.807, 2.05) is 0 Å². The highest BCUT2D eigenvalue weighted by Crippen LogP contribution is 2.30. The third kappa shape index (κ3) is 4.39. The van der Waals surface area contributed by atoms with Crippen LogP contribution in [0.2, 0.25) is 0 Å². The van der Waals surface area contributed by atoms with Crippen LogP contribution in [-0.2, 0) is 10.2 Å². The van der Waals surface area contributed by atoms with Gasteiger partial charge >= 0.3 is 0 Å². The zero-order valence-electron chi connectivity index (χ0n) is 13.3. The van der Waals surface area contributed by atoms with Gasteiger partial charge in [-0.15, -0.1) is 0 Å². The summed E-state index contributed by atoms with van der Waals surface area (Å²) in [6.45, 7) is 5.77. The van der Waals surface area contributed by atoms with Crippen molar-refractivity contribution in [1.82, 2.24) is 13.9 Å². The standard InChI is InChI=1S/C14H30N4O2S/c1-14(6-9-17(2)10-7-14)12-16-21(19,20)18-8-4-3-5-13(18)11-15/h13,16H,3-12,15H2,1-2H3. The van der Waals surface area contributed by atoms with Gasteiger partial charge in [0.1, 0.15) is 0 Å². The molecule has 2 rings (SSSR count). The predicted octanol–water partition coefficient (Wildman–Crippen LogP) is 0.366. The molecule has 1 atom stereocenters. The highest BCUT2D eigenvalue weighted by molar-refractivity contribution is 7.87. The number of hydrogen-bond donors (Lipinski definition) is 2. The molecule has 0 amide bonds. The number of likely N-dealkylation sites (tertiary alicyclic amines) is 1. The van der Waals surface area contributed by atoms with Crippen LogP contribution in [0.1, 0.15) is 39.0 Å². The molecule has 7 heteroatoms. The third-order valence-electron chi connectivity index (χ3n) is 5.03. The number of nitrogens with one attached hydrogen (secondary N) is 1. The van der Waals surface area contributed by atoms with Gasteiger partial charge < -0.3 is 10.6 Å². The minimum Gasteiger partial charge on any atom is -0.329 e. The quantitative estimate of drug-likeness (QED) is 0.767. The summed E-state index contributed by atoms with van der Waals surface area (Å²) in [7, 11) is -1.29. The Hall–Kier alpha value is -0.210. The lowest BCUT2D eigenvalue weighted by Gasteiger charge is -2.39. The highest BCUT2D eigenvalue weighted by atomic mass is 32.2. The van der Waals surface area contributed by atoms with Crippen LogP contribution in [-0.4, -0.2) is 63.4 Å². The number of nitrogens with two attached hydrogens (primary N) is 1. The monoisotopic (exact) mass is 318 g/mol. The lowest BCUT2D eigenvalue weighted by atomic mass is 9.81. The van der Waals surface area contributed by atoms with Gasteiger partial charge in [0.25, 0.3) is 10.2 Å². The summed E-state index contributed by atoms with van der Waals surface area (Å²) in [5.41, 5.74) is 5.79. The second kappa shape index (κ2) is 6.91. The van der Waals surface area contributed by atoms with Crippen LogP contribution in [0, 0.1) is 5.41 Å². The van der Waals surface area contributed by atoms with Crippen molar-refractivity contribution in [1.29, 1.82) is 0 Å². The molecule has 0 saturated carbocycles. The van der Waals surface area contributed by atoms with Crippen LogP contribution in [0.15, 0.2) is 0 Å². The molecule has 2 heterocycles. The summed E-state index contributed by atoms with van der Waals surface area (Å²) >= 11 is 0. The van der Waals surface area contributed by atoms with Crippen molar-refractivity contribution in [2.75, 3.05) is 39.8 Å². The Morgan fingerprint density at radius 2 is 1.90 bits per heavy atom. The van der Waals surface area contributed by atoms with Crippen molar-refractivity contribution in [3.63, 3.8) is 0 Å². The molecule has 2 aliphatic rings. The Kier molecular flexibility index (Phi) is 5.65. The van der Waals surface area contributed by atoms with E-state index < -0.39 is 10.2 Å². The maximum atomic E-state index is 12.6. The van der Waals surface area contributed by atoms with Gasteiger partial charge in [0.15, 0.2) is 0 Å². The first-order valence-electron chi connectivity index (χ1n) is 8.01. The van der Waals surface area contributed by atoms with Crippen molar-refractivity contribution in [3.8, 4) is 0 Å². The minimum atomic E-state index is -3.41. The first-order chi connectivity index (χ1) is 9.86. The second-order valence-electron chi connectivity index (χ2n) is 6.94. The van der Waals surface area contributed by atoms with Crippen molar-refractivity contribution in [2.45, 2.75) is 45.1 Å². The van der Waals surface area contributed by atoms with E-state index >= 15 is 0 Å². The molecule has 0 aromatic rings. The van der Waals surface area contributed by atoms with Gasteiger partial charge in [-0.05, 0) is 51.2 Å². The molecule has 3 N–H and O–H groups in total. The molecule has 0 radical (unpaired) electrons. The lowest BCUT2D eigenvalue weighted by molar-refractivity contribution is 0.141. The SMILES string of the molecule is CN1CCC(C)(CNS(=O)(=O)N2CCCCC2CN)CC1. The fourth-order valence-electron chi connectivity index (χ4n) is 3.21. The van der Waals surface area contributed by atoms with Crippen LogP contribution < -0.4 is 10.5 Å². The molecular formula is C14H30N4O2S. The van der Waals surface area contributed by atoms with Crippen molar-refractivity contribution >= 4 is 10.2 Å². The minimum absolute atomic E-state index is 0.0402. The van der Waals surface area contributed by atoms with Gasteiger partial charge in [0, 0.05) is 25.7 Å². The van der Waals surface area contributed by atoms with Gasteiger partial charge in [-0.3, -0.25) is 0 Å². The summed E-state index contributed by atoms with van der Waals surface area (Å²) in [5.74, 6) is 0. The Morgan fingerprint density at radius 1 is 1.24 bits per heavy atom. The van der Waals surface area contributed by atoms with Crippen LogP contribution in [0.3, 0.4) is 0 Å². The molecule has 0 aliphatic carbocycles. The van der Waals surface area contributed by atoms with E-state index in [0.29, 0.717) is 19.6 Å². The van der Waals surface area contributed by atoms with E-state index in [0.717, 1.165) is 45.2 Å². The van der Waals surface area contributed by atoms with E-state index in [2.05, 4.69) is 23.6 Å². The van der Waals surface area contributed by atoms with Crippen molar-refractivity contribution < 1.29 is 8.42 Å². The third-order valence-corrected chi connectivity index (χ3v) is 6.64. The maximum absolute atomic E-state index is 12.6. The van der Waals surface area contributed by atoms with Gasteiger partial charge in [-0.25, -0.2) is 4.72 Å². The molecular weight excluding hydrogens is 288 g/mol. The fraction of sp³-hybridized carbons (Fsp3) is 1.00. The summed E-state index contributed by atoms with van der Waals surface area (Å²) in [6, 6.07) is -0.0402. The topological polar surface area (TPSA) is 78.7 Å². The van der Waals surface area contributed by atoms with Gasteiger partial charge in [0.2, 0.25) is 0 Å². The summed E-state index contributed by atoms with van der Waals surface area (Å²) in [6.07, 6.45) is 4.94. The highest BCUT2D eigenvalue weighted by Gasteiger charge is 2.34. The van der Waals surface area contributed by atoms with Gasteiger partial charge in [-0.1, -0.05) is 13.3 Å². The first-order valence-corrected chi connectivity index (χ1v) is 9.45. The molecule has 2 fully saturated rings. The molecule has 124 valence electrons. The van der Waals surface area contributed by atoms with E-state index in [9.17, 15) is 8.42 Å². The average Bonchev–Trinajstić information content (AvgIpc) is 2.49. The van der Waals surface area contributed by atoms with E-state index in [4.69, 9.17) is 5.73 Å². The molecule has 21 heavy (non-hydrogen) atoms. The van der Waals surface area contributed by atoms with Crippen LogP contribution in [0.4, 0.5) is 0 Å². The molecule has 2 saturated heterocycles. The molecule has 0 aromatic heterocycles. The zero-order valence-corrected chi connectivity index (χ0v) is 14.2. The number of nitrogens with zero attached hydrogens (tertiary/aromatic N) is 2. The molecule has 0 aromatic carbocycles. The maximum Gasteiger partial charge on any atom is 0.279 e. The number of piperidine rings is 2. The second-order valence-corrected chi connectivity index (χ2v) is 8.64. The van der Waals surface area contributed by atoms with Crippen LogP contribution >= 0.6 is 0 Å². The van der Waals surface area contributed by atoms with Crippen molar-refractivity contribution in [2.24, 2.45) is 11.1 Å². The van der Waals surface area contributed by atoms with Crippen molar-refractivity contribution in [3.05, 3.63) is 0 Å². The molecule has 2 aliphatic heterocycles. The number of rotatable bonds is 5. The average molecular weight is 318 g/mol. The smallest absolute Gasteiger partial charge is 0.279 e. The molecule has 6 nitrogen and oxygen atoms in total. The lowest BCUT2D eigenvalue weighted by Crippen LogP contribution is -2.53. The summed E-state index contributed by atoms with van der Waals surface area (Å²) < 4.78 is 29.5. The van der Waals surface area contributed by atoms with Crippen LogP contribution in [0.5, 0.6) is 0 Å². The largest absolute Gasteiger partial charge is 0.329 e. The normalized spacial score (nSPS) is 28.6. The first kappa shape index (κ1) is 17.1. The molecule has 1 unspecified atom stereocenters. The Bertz CT molecular complexity index is 432. The summed E-state index contributed by atoms with van der Waals surface area (Å²) in [5, 5.41) is 0.